The van der Waals surface area contributed by atoms with E-state index in [0.717, 1.165) is 17.1 Å². The Morgan fingerprint density at radius 1 is 0.581 bits per heavy atom. The molecule has 3 rings (SSSR count). The molecule has 3 N–H and O–H groups in total. The Morgan fingerprint density at radius 2 is 0.903 bits per heavy atom. The lowest BCUT2D eigenvalue weighted by atomic mass is 10.3. The van der Waals surface area contributed by atoms with E-state index in [1.165, 1.54) is 0 Å². The normalized spacial score (nSPS) is 11.6. The molecule has 0 atom stereocenters. The summed E-state index contributed by atoms with van der Waals surface area (Å²) in [6.07, 6.45) is 9.55. The van der Waals surface area contributed by atoms with Gasteiger partial charge < -0.3 is 15.3 Å². The van der Waals surface area contributed by atoms with Gasteiger partial charge in [-0.15, -0.1) is 15.3 Å². The highest BCUT2D eigenvalue weighted by Crippen LogP contribution is 2.06. The fraction of sp³-hybridized carbons (Fsp3) is 0.667. The van der Waals surface area contributed by atoms with E-state index in [9.17, 15) is 0 Å². The first-order valence-corrected chi connectivity index (χ1v) is 10.4. The summed E-state index contributed by atoms with van der Waals surface area (Å²) in [5.74, 6) is 0. The number of aromatic nitrogens is 9. The van der Waals surface area contributed by atoms with E-state index in [1.807, 2.05) is 18.6 Å². The fourth-order valence-electron chi connectivity index (χ4n) is 3.10. The first kappa shape index (κ1) is 22.9. The average Bonchev–Trinajstić information content (AvgIpc) is 3.51. The van der Waals surface area contributed by atoms with Crippen LogP contribution in [0.4, 0.5) is 0 Å². The van der Waals surface area contributed by atoms with E-state index in [-0.39, 0.29) is 19.8 Å². The van der Waals surface area contributed by atoms with Crippen molar-refractivity contribution in [1.29, 1.82) is 0 Å². The molecule has 0 aromatic carbocycles. The molecule has 170 valence electrons. The summed E-state index contributed by atoms with van der Waals surface area (Å²) in [5, 5.41) is 52.0. The maximum Gasteiger partial charge on any atom is 0.0976 e. The molecule has 0 aliphatic heterocycles. The van der Waals surface area contributed by atoms with Crippen LogP contribution in [0.15, 0.2) is 18.6 Å². The molecule has 0 spiro atoms. The van der Waals surface area contributed by atoms with Crippen molar-refractivity contribution in [2.45, 2.75) is 58.5 Å². The van der Waals surface area contributed by atoms with Crippen LogP contribution in [-0.4, -0.2) is 85.0 Å². The second kappa shape index (κ2) is 12.2. The summed E-state index contributed by atoms with van der Waals surface area (Å²) in [4.78, 5) is 2.06. The third-order valence-electron chi connectivity index (χ3n) is 4.57. The molecule has 0 aliphatic carbocycles. The number of nitrogens with zero attached hydrogens (tertiary/aromatic N) is 10. The molecule has 3 aromatic heterocycles. The van der Waals surface area contributed by atoms with Gasteiger partial charge in [0.15, 0.2) is 0 Å². The first-order valence-electron chi connectivity index (χ1n) is 10.4. The van der Waals surface area contributed by atoms with Gasteiger partial charge in [-0.25, -0.2) is 18.9 Å². The maximum atomic E-state index is 9.00. The lowest BCUT2D eigenvalue weighted by molar-refractivity contribution is 0.103. The molecule has 0 amide bonds. The minimum absolute atomic E-state index is 0.120. The predicted octanol–water partition coefficient (Wildman–Crippen LogP) is -1.19. The van der Waals surface area contributed by atoms with Crippen LogP contribution >= 0.6 is 0 Å². The number of aliphatic hydroxyl groups is 3. The highest BCUT2D eigenvalue weighted by molar-refractivity contribution is 4.94. The summed E-state index contributed by atoms with van der Waals surface area (Å²) >= 11 is 0. The van der Waals surface area contributed by atoms with E-state index in [0.29, 0.717) is 58.5 Å². The van der Waals surface area contributed by atoms with Crippen LogP contribution in [-0.2, 0) is 39.3 Å². The van der Waals surface area contributed by atoms with Crippen LogP contribution in [0, 0.1) is 0 Å². The molecule has 3 aromatic rings. The second-order valence-electron chi connectivity index (χ2n) is 7.32. The van der Waals surface area contributed by atoms with Crippen molar-refractivity contribution >= 4 is 0 Å². The molecular formula is C18H30N10O3. The molecule has 0 bridgehead atoms. The highest BCUT2D eigenvalue weighted by atomic mass is 16.3. The molecule has 3 heterocycles. The molecule has 31 heavy (non-hydrogen) atoms. The van der Waals surface area contributed by atoms with Gasteiger partial charge in [-0.2, -0.15) is 0 Å². The summed E-state index contributed by atoms with van der Waals surface area (Å²) in [6.45, 7) is 1.70. The fourth-order valence-corrected chi connectivity index (χ4v) is 3.10. The number of hydrogen-bond acceptors (Lipinski definition) is 10. The molecule has 13 heteroatoms. The zero-order valence-corrected chi connectivity index (χ0v) is 17.5. The van der Waals surface area contributed by atoms with Crippen LogP contribution in [0.1, 0.15) is 36.3 Å². The first-order chi connectivity index (χ1) is 15.2. The monoisotopic (exact) mass is 434 g/mol. The van der Waals surface area contributed by atoms with Gasteiger partial charge in [0.2, 0.25) is 0 Å². The zero-order chi connectivity index (χ0) is 21.9. The number of rotatable bonds is 15. The predicted molar refractivity (Wildman–Crippen MR) is 108 cm³/mol. The van der Waals surface area contributed by atoms with Crippen molar-refractivity contribution in [2.24, 2.45) is 0 Å². The SMILES string of the molecule is OCCCc1cn(CN(Cn2cc(CCCO)nn2)Cn2cc(CCCO)nn2)nn1. The highest BCUT2D eigenvalue weighted by Gasteiger charge is 2.13. The maximum absolute atomic E-state index is 9.00. The zero-order valence-electron chi connectivity index (χ0n) is 17.5. The molecule has 0 fully saturated rings. The molecule has 0 saturated heterocycles. The Kier molecular flexibility index (Phi) is 9.02. The Balaban J connectivity index is 1.67. The van der Waals surface area contributed by atoms with Crippen LogP contribution in [0.5, 0.6) is 0 Å². The van der Waals surface area contributed by atoms with Crippen molar-refractivity contribution < 1.29 is 15.3 Å². The minimum Gasteiger partial charge on any atom is -0.396 e. The van der Waals surface area contributed by atoms with Crippen molar-refractivity contribution in [2.75, 3.05) is 19.8 Å². The quantitative estimate of drug-likeness (QED) is 0.266. The topological polar surface area (TPSA) is 156 Å². The molecule has 0 saturated carbocycles. The third kappa shape index (κ3) is 7.47. The molecule has 0 unspecified atom stereocenters. The molecule has 0 aliphatic rings. The summed E-state index contributed by atoms with van der Waals surface area (Å²) in [5.41, 5.74) is 2.48. The lowest BCUT2D eigenvalue weighted by Crippen LogP contribution is -2.31. The van der Waals surface area contributed by atoms with E-state index in [2.05, 4.69) is 35.8 Å². The van der Waals surface area contributed by atoms with Gasteiger partial charge in [-0.1, -0.05) is 15.6 Å². The van der Waals surface area contributed by atoms with Gasteiger partial charge in [-0.05, 0) is 38.5 Å². The minimum atomic E-state index is 0.120. The van der Waals surface area contributed by atoms with Gasteiger partial charge in [0, 0.05) is 38.4 Å². The molecule has 13 nitrogen and oxygen atoms in total. The Hall–Kier alpha value is -2.74. The van der Waals surface area contributed by atoms with Gasteiger partial charge in [0.25, 0.3) is 0 Å². The van der Waals surface area contributed by atoms with Crippen molar-refractivity contribution in [3.05, 3.63) is 35.7 Å². The van der Waals surface area contributed by atoms with Gasteiger partial charge in [0.1, 0.15) is 0 Å². The third-order valence-corrected chi connectivity index (χ3v) is 4.57. The van der Waals surface area contributed by atoms with E-state index < -0.39 is 0 Å². The van der Waals surface area contributed by atoms with Crippen LogP contribution in [0.3, 0.4) is 0 Å². The smallest absolute Gasteiger partial charge is 0.0976 e. The van der Waals surface area contributed by atoms with Gasteiger partial charge in [0.05, 0.1) is 37.1 Å². The Bertz CT molecular complexity index is 778. The van der Waals surface area contributed by atoms with E-state index in [4.69, 9.17) is 15.3 Å². The number of hydrogen-bond donors (Lipinski definition) is 3. The van der Waals surface area contributed by atoms with Gasteiger partial charge in [-0.3, -0.25) is 0 Å². The molecule has 0 radical (unpaired) electrons. The van der Waals surface area contributed by atoms with Crippen molar-refractivity contribution in [3.8, 4) is 0 Å². The van der Waals surface area contributed by atoms with Crippen LogP contribution in [0.2, 0.25) is 0 Å². The lowest BCUT2D eigenvalue weighted by Gasteiger charge is -2.21. The number of aryl methyl sites for hydroxylation is 3. The van der Waals surface area contributed by atoms with Crippen molar-refractivity contribution in [3.63, 3.8) is 0 Å². The van der Waals surface area contributed by atoms with Crippen LogP contribution in [0.25, 0.3) is 0 Å². The summed E-state index contributed by atoms with van der Waals surface area (Å²) < 4.78 is 5.21. The standard InChI is InChI=1S/C18H30N10O3/c29-7-1-4-16-10-26(22-19-16)13-25(14-27-11-17(20-23-27)5-2-8-30)15-28-12-18(21-24-28)6-3-9-31/h10-12,29-31H,1-9,13-15H2. The van der Waals surface area contributed by atoms with Crippen molar-refractivity contribution in [1.82, 2.24) is 49.9 Å². The molecular weight excluding hydrogens is 404 g/mol. The Morgan fingerprint density at radius 3 is 1.19 bits per heavy atom. The van der Waals surface area contributed by atoms with E-state index >= 15 is 0 Å². The van der Waals surface area contributed by atoms with E-state index in [1.54, 1.807) is 14.0 Å². The average molecular weight is 435 g/mol. The largest absolute Gasteiger partial charge is 0.396 e. The van der Waals surface area contributed by atoms with Crippen LogP contribution < -0.4 is 0 Å². The summed E-state index contributed by atoms with van der Waals surface area (Å²) in [6, 6.07) is 0. The number of aliphatic hydroxyl groups excluding tert-OH is 3. The second-order valence-corrected chi connectivity index (χ2v) is 7.32. The van der Waals surface area contributed by atoms with Gasteiger partial charge >= 0.3 is 0 Å². The Labute approximate surface area is 179 Å². The summed E-state index contributed by atoms with van der Waals surface area (Å²) in [7, 11) is 0.